The first kappa shape index (κ1) is 26.1. The molecule has 0 amide bonds. The Bertz CT molecular complexity index is 629. The monoisotopic (exact) mass is 519 g/mol. The van der Waals surface area contributed by atoms with Crippen LogP contribution in [-0.4, -0.2) is 75.2 Å². The maximum Gasteiger partial charge on any atom is 0.191 e. The van der Waals surface area contributed by atoms with E-state index in [4.69, 9.17) is 0 Å². The number of guanidine groups is 1. The van der Waals surface area contributed by atoms with Gasteiger partial charge in [0.2, 0.25) is 0 Å². The molecule has 1 fully saturated rings. The van der Waals surface area contributed by atoms with Gasteiger partial charge in [0.05, 0.1) is 0 Å². The van der Waals surface area contributed by atoms with Gasteiger partial charge in [0.15, 0.2) is 5.96 Å². The van der Waals surface area contributed by atoms with Crippen molar-refractivity contribution in [3.63, 3.8) is 0 Å². The molecule has 166 valence electrons. The van der Waals surface area contributed by atoms with Crippen molar-refractivity contribution in [2.45, 2.75) is 33.1 Å². The smallest absolute Gasteiger partial charge is 0.191 e. The molecule has 2 N–H and O–H groups in total. The molecule has 0 aliphatic carbocycles. The van der Waals surface area contributed by atoms with Gasteiger partial charge in [-0.25, -0.2) is 4.39 Å². The van der Waals surface area contributed by atoms with Gasteiger partial charge in [-0.05, 0) is 30.2 Å². The van der Waals surface area contributed by atoms with Crippen molar-refractivity contribution in [1.82, 2.24) is 20.4 Å². The molecule has 1 heterocycles. The Kier molecular flexibility index (Phi) is 11.4. The van der Waals surface area contributed by atoms with Crippen LogP contribution in [0.3, 0.4) is 0 Å². The third kappa shape index (κ3) is 8.76. The van der Waals surface area contributed by atoms with Crippen molar-refractivity contribution >= 4 is 29.9 Å². The fraction of sp³-hybridized carbons (Fsp3) is 0.682. The number of nitrogens with zero attached hydrogens (tertiary/aromatic N) is 3. The second-order valence-corrected chi connectivity index (χ2v) is 8.54. The molecule has 0 saturated carbocycles. The fourth-order valence-corrected chi connectivity index (χ4v) is 3.60. The maximum absolute atomic E-state index is 13.5. The normalized spacial score (nSPS) is 17.5. The SMILES string of the molecule is CCN1CCN(CC(C)CNC(=NC)NCC(C)(C)c2cccc(F)c2)CC1.I. The lowest BCUT2D eigenvalue weighted by Gasteiger charge is -2.35. The molecule has 29 heavy (non-hydrogen) atoms. The van der Waals surface area contributed by atoms with Crippen LogP contribution >= 0.6 is 24.0 Å². The van der Waals surface area contributed by atoms with E-state index < -0.39 is 0 Å². The first-order valence-electron chi connectivity index (χ1n) is 10.5. The predicted molar refractivity (Wildman–Crippen MR) is 132 cm³/mol. The lowest BCUT2D eigenvalue weighted by atomic mass is 9.84. The first-order valence-corrected chi connectivity index (χ1v) is 10.5. The Morgan fingerprint density at radius 2 is 1.83 bits per heavy atom. The van der Waals surface area contributed by atoms with E-state index in [9.17, 15) is 4.39 Å². The van der Waals surface area contributed by atoms with Crippen LogP contribution in [0.25, 0.3) is 0 Å². The number of rotatable bonds is 8. The standard InChI is InChI=1S/C22H38FN5.HI/c1-6-27-10-12-28(13-11-27)16-18(2)15-25-21(24-5)26-17-22(3,4)19-8-7-9-20(23)14-19;/h7-9,14,18H,6,10-13,15-17H2,1-5H3,(H2,24,25,26);1H. The summed E-state index contributed by atoms with van der Waals surface area (Å²) in [5, 5.41) is 6.84. The molecule has 0 bridgehead atoms. The van der Waals surface area contributed by atoms with Crippen LogP contribution < -0.4 is 10.6 Å². The first-order chi connectivity index (χ1) is 13.3. The average molecular weight is 519 g/mol. The second kappa shape index (κ2) is 12.7. The van der Waals surface area contributed by atoms with E-state index in [1.54, 1.807) is 19.2 Å². The van der Waals surface area contributed by atoms with Crippen molar-refractivity contribution in [3.8, 4) is 0 Å². The summed E-state index contributed by atoms with van der Waals surface area (Å²) < 4.78 is 13.5. The summed E-state index contributed by atoms with van der Waals surface area (Å²) in [4.78, 5) is 9.40. The summed E-state index contributed by atoms with van der Waals surface area (Å²) in [6.07, 6.45) is 0. The van der Waals surface area contributed by atoms with Gasteiger partial charge in [0, 0.05) is 58.3 Å². The van der Waals surface area contributed by atoms with E-state index in [1.807, 2.05) is 6.07 Å². The third-order valence-corrected chi connectivity index (χ3v) is 5.63. The topological polar surface area (TPSA) is 42.9 Å². The number of aliphatic imine (C=N–C) groups is 1. The molecular weight excluding hydrogens is 480 g/mol. The number of nitrogens with one attached hydrogen (secondary N) is 2. The molecule has 1 aliphatic rings. The van der Waals surface area contributed by atoms with Crippen LogP contribution in [0.1, 0.15) is 33.3 Å². The third-order valence-electron chi connectivity index (χ3n) is 5.63. The zero-order valence-corrected chi connectivity index (χ0v) is 21.0. The Balaban J connectivity index is 0.00000420. The molecule has 1 atom stereocenters. The Morgan fingerprint density at radius 3 is 2.41 bits per heavy atom. The lowest BCUT2D eigenvalue weighted by molar-refractivity contribution is 0.124. The van der Waals surface area contributed by atoms with Crippen LogP contribution in [0.2, 0.25) is 0 Å². The molecule has 0 aromatic heterocycles. The summed E-state index contributed by atoms with van der Waals surface area (Å²) in [6, 6.07) is 6.83. The quantitative estimate of drug-likeness (QED) is 0.315. The molecule has 7 heteroatoms. The van der Waals surface area contributed by atoms with E-state index in [0.29, 0.717) is 12.5 Å². The van der Waals surface area contributed by atoms with Gasteiger partial charge >= 0.3 is 0 Å². The fourth-order valence-electron chi connectivity index (χ4n) is 3.60. The zero-order valence-electron chi connectivity index (χ0n) is 18.7. The highest BCUT2D eigenvalue weighted by Crippen LogP contribution is 2.22. The molecule has 1 unspecified atom stereocenters. The van der Waals surface area contributed by atoms with Gasteiger partial charge < -0.3 is 20.4 Å². The number of hydrogen-bond acceptors (Lipinski definition) is 3. The maximum atomic E-state index is 13.5. The second-order valence-electron chi connectivity index (χ2n) is 8.54. The van der Waals surface area contributed by atoms with Crippen molar-refractivity contribution in [2.24, 2.45) is 10.9 Å². The van der Waals surface area contributed by atoms with Crippen LogP contribution in [0.5, 0.6) is 0 Å². The van der Waals surface area contributed by atoms with Crippen LogP contribution in [-0.2, 0) is 5.41 Å². The highest BCUT2D eigenvalue weighted by molar-refractivity contribution is 14.0. The van der Waals surface area contributed by atoms with Gasteiger partial charge in [-0.3, -0.25) is 4.99 Å². The van der Waals surface area contributed by atoms with Crippen molar-refractivity contribution in [3.05, 3.63) is 35.6 Å². The highest BCUT2D eigenvalue weighted by Gasteiger charge is 2.22. The molecule has 1 aliphatic heterocycles. The van der Waals surface area contributed by atoms with Gasteiger partial charge in [-0.1, -0.05) is 39.8 Å². The number of piperazine rings is 1. The molecule has 0 radical (unpaired) electrons. The average Bonchev–Trinajstić information content (AvgIpc) is 2.68. The molecule has 0 spiro atoms. The molecule has 5 nitrogen and oxygen atoms in total. The van der Waals surface area contributed by atoms with E-state index in [2.05, 4.69) is 53.1 Å². The Morgan fingerprint density at radius 1 is 1.17 bits per heavy atom. The molecular formula is C22H39FIN5. The Labute approximate surface area is 193 Å². The molecule has 1 aromatic carbocycles. The van der Waals surface area contributed by atoms with E-state index in [0.717, 1.165) is 44.2 Å². The van der Waals surface area contributed by atoms with Crippen LogP contribution in [0.4, 0.5) is 4.39 Å². The lowest BCUT2D eigenvalue weighted by Crippen LogP contribution is -2.49. The van der Waals surface area contributed by atoms with Gasteiger partial charge in [0.1, 0.15) is 5.82 Å². The van der Waals surface area contributed by atoms with Gasteiger partial charge in [0.25, 0.3) is 0 Å². The van der Waals surface area contributed by atoms with E-state index >= 15 is 0 Å². The number of halogens is 2. The minimum Gasteiger partial charge on any atom is -0.356 e. The molecule has 1 saturated heterocycles. The summed E-state index contributed by atoms with van der Waals surface area (Å²) in [5.41, 5.74) is 0.791. The summed E-state index contributed by atoms with van der Waals surface area (Å²) in [7, 11) is 1.79. The molecule has 2 rings (SSSR count). The van der Waals surface area contributed by atoms with Gasteiger partial charge in [-0.15, -0.1) is 24.0 Å². The summed E-state index contributed by atoms with van der Waals surface area (Å²) >= 11 is 0. The number of likely N-dealkylation sites (N-methyl/N-ethyl adjacent to an activating group) is 1. The van der Waals surface area contributed by atoms with Crippen LogP contribution in [0, 0.1) is 11.7 Å². The van der Waals surface area contributed by atoms with E-state index in [1.165, 1.54) is 19.2 Å². The largest absolute Gasteiger partial charge is 0.356 e. The molecule has 1 aromatic rings. The minimum atomic E-state index is -0.193. The predicted octanol–water partition coefficient (Wildman–Crippen LogP) is 3.16. The summed E-state index contributed by atoms with van der Waals surface area (Å²) in [5.74, 6) is 1.15. The van der Waals surface area contributed by atoms with Crippen molar-refractivity contribution in [2.75, 3.05) is 59.4 Å². The van der Waals surface area contributed by atoms with Crippen molar-refractivity contribution in [1.29, 1.82) is 0 Å². The number of hydrogen-bond donors (Lipinski definition) is 2. The summed E-state index contributed by atoms with van der Waals surface area (Å²) in [6.45, 7) is 17.2. The van der Waals surface area contributed by atoms with E-state index in [-0.39, 0.29) is 35.2 Å². The van der Waals surface area contributed by atoms with Gasteiger partial charge in [-0.2, -0.15) is 0 Å². The zero-order chi connectivity index (χ0) is 20.6. The minimum absolute atomic E-state index is 0. The highest BCUT2D eigenvalue weighted by atomic mass is 127. The number of benzene rings is 1. The van der Waals surface area contributed by atoms with Crippen LogP contribution in [0.15, 0.2) is 29.3 Å². The Hall–Kier alpha value is -0.930. The van der Waals surface area contributed by atoms with Crippen molar-refractivity contribution < 1.29 is 4.39 Å².